The predicted molar refractivity (Wildman–Crippen MR) is 117 cm³/mol. The summed E-state index contributed by atoms with van der Waals surface area (Å²) >= 11 is 0. The van der Waals surface area contributed by atoms with Gasteiger partial charge in [-0.05, 0) is 38.5 Å². The minimum absolute atomic E-state index is 0.160. The highest BCUT2D eigenvalue weighted by Gasteiger charge is 2.22. The first-order valence-corrected chi connectivity index (χ1v) is 10.4. The molecule has 0 rings (SSSR count). The van der Waals surface area contributed by atoms with E-state index in [4.69, 9.17) is 33.5 Å². The highest BCUT2D eigenvalue weighted by molar-refractivity contribution is 5.81. The van der Waals surface area contributed by atoms with Gasteiger partial charge in [0.25, 0.3) is 0 Å². The summed E-state index contributed by atoms with van der Waals surface area (Å²) in [7, 11) is 0. The van der Waals surface area contributed by atoms with Crippen LogP contribution in [0, 0.1) is 37.0 Å². The van der Waals surface area contributed by atoms with Crippen LogP contribution in [0.4, 0.5) is 9.59 Å². The number of alkyl carbamates (subject to hydrolysis) is 2. The Balaban J connectivity index is 4.31. The van der Waals surface area contributed by atoms with Crippen LogP contribution in [0.15, 0.2) is 0 Å². The third-order valence-corrected chi connectivity index (χ3v) is 3.87. The molecule has 0 spiro atoms. The van der Waals surface area contributed by atoms with Crippen molar-refractivity contribution < 1.29 is 28.6 Å². The Kier molecular flexibility index (Phi) is 17.8. The summed E-state index contributed by atoms with van der Waals surface area (Å²) in [6.45, 7) is 0.963. The van der Waals surface area contributed by atoms with E-state index >= 15 is 0 Å². The van der Waals surface area contributed by atoms with Crippen LogP contribution in [0.1, 0.15) is 57.8 Å². The monoisotopic (exact) mass is 432 g/mol. The van der Waals surface area contributed by atoms with Crippen LogP contribution in [0.5, 0.6) is 0 Å². The zero-order chi connectivity index (χ0) is 23.2. The molecule has 31 heavy (non-hydrogen) atoms. The van der Waals surface area contributed by atoms with E-state index in [-0.39, 0.29) is 19.8 Å². The molecular formula is C23H32N2O6. The van der Waals surface area contributed by atoms with E-state index in [2.05, 4.69) is 28.4 Å². The molecule has 0 saturated carbocycles. The molecule has 0 heterocycles. The molecule has 0 aliphatic carbocycles. The SMILES string of the molecule is C#CCCCOC(=O)NCCCC[C@H](NC(=O)OCCCC#C)C(=O)OCCCC#C. The average Bonchev–Trinajstić information content (AvgIpc) is 2.76. The first-order chi connectivity index (χ1) is 15.0. The molecule has 170 valence electrons. The van der Waals surface area contributed by atoms with Crippen molar-refractivity contribution in [3.63, 3.8) is 0 Å². The lowest BCUT2D eigenvalue weighted by atomic mass is 10.1. The predicted octanol–water partition coefficient (Wildman–Crippen LogP) is 2.76. The Labute approximate surface area is 185 Å². The molecule has 0 unspecified atom stereocenters. The van der Waals surface area contributed by atoms with Gasteiger partial charge in [0.1, 0.15) is 6.04 Å². The maximum Gasteiger partial charge on any atom is 0.407 e. The van der Waals surface area contributed by atoms with Gasteiger partial charge in [-0.25, -0.2) is 14.4 Å². The van der Waals surface area contributed by atoms with Gasteiger partial charge in [0, 0.05) is 25.8 Å². The lowest BCUT2D eigenvalue weighted by molar-refractivity contribution is -0.146. The largest absolute Gasteiger partial charge is 0.464 e. The molecule has 0 bridgehead atoms. The number of carbonyl (C=O) groups is 3. The molecule has 1 atom stereocenters. The van der Waals surface area contributed by atoms with Crippen LogP contribution in [-0.2, 0) is 19.0 Å². The molecule has 2 amide bonds. The molecular weight excluding hydrogens is 400 g/mol. The van der Waals surface area contributed by atoms with E-state index in [0.29, 0.717) is 64.3 Å². The number of nitrogens with one attached hydrogen (secondary N) is 2. The average molecular weight is 433 g/mol. The fourth-order valence-corrected chi connectivity index (χ4v) is 2.27. The van der Waals surface area contributed by atoms with Crippen molar-refractivity contribution in [1.29, 1.82) is 0 Å². The molecule has 0 fully saturated rings. The fourth-order valence-electron chi connectivity index (χ4n) is 2.27. The van der Waals surface area contributed by atoms with Crippen molar-refractivity contribution in [3.8, 4) is 37.0 Å². The number of unbranched alkanes of at least 4 members (excludes halogenated alkanes) is 4. The molecule has 8 heteroatoms. The molecule has 0 aromatic rings. The van der Waals surface area contributed by atoms with Crippen LogP contribution in [0.25, 0.3) is 0 Å². The Bertz CT molecular complexity index is 656. The van der Waals surface area contributed by atoms with Crippen LogP contribution < -0.4 is 10.6 Å². The molecule has 0 aromatic carbocycles. The zero-order valence-corrected chi connectivity index (χ0v) is 18.0. The maximum atomic E-state index is 12.3. The minimum Gasteiger partial charge on any atom is -0.464 e. The van der Waals surface area contributed by atoms with Crippen LogP contribution >= 0.6 is 0 Å². The fraction of sp³-hybridized carbons (Fsp3) is 0.609. The summed E-state index contributed by atoms with van der Waals surface area (Å²) in [6, 6.07) is -0.860. The molecule has 0 aliphatic heterocycles. The van der Waals surface area contributed by atoms with Crippen molar-refractivity contribution in [3.05, 3.63) is 0 Å². The number of carbonyl (C=O) groups excluding carboxylic acids is 3. The number of esters is 1. The third kappa shape index (κ3) is 17.3. The van der Waals surface area contributed by atoms with Crippen molar-refractivity contribution in [2.45, 2.75) is 63.8 Å². The van der Waals surface area contributed by atoms with Crippen LogP contribution in [0.2, 0.25) is 0 Å². The Morgan fingerprint density at radius 2 is 1.23 bits per heavy atom. The summed E-state index contributed by atoms with van der Waals surface area (Å²) in [4.78, 5) is 35.7. The van der Waals surface area contributed by atoms with Gasteiger partial charge in [0.05, 0.1) is 19.8 Å². The first-order valence-electron chi connectivity index (χ1n) is 10.4. The number of hydrogen-bond donors (Lipinski definition) is 2. The highest BCUT2D eigenvalue weighted by atomic mass is 16.6. The van der Waals surface area contributed by atoms with Crippen molar-refractivity contribution >= 4 is 18.2 Å². The number of hydrogen-bond acceptors (Lipinski definition) is 6. The number of amides is 2. The Morgan fingerprint density at radius 3 is 1.77 bits per heavy atom. The van der Waals surface area contributed by atoms with Gasteiger partial charge in [-0.1, -0.05) is 0 Å². The van der Waals surface area contributed by atoms with E-state index in [1.165, 1.54) is 0 Å². The third-order valence-electron chi connectivity index (χ3n) is 3.87. The molecule has 0 radical (unpaired) electrons. The topological polar surface area (TPSA) is 103 Å². The lowest BCUT2D eigenvalue weighted by Crippen LogP contribution is -2.42. The van der Waals surface area contributed by atoms with Crippen molar-refractivity contribution in [1.82, 2.24) is 10.6 Å². The minimum atomic E-state index is -0.860. The van der Waals surface area contributed by atoms with Crippen molar-refractivity contribution in [2.24, 2.45) is 0 Å². The summed E-state index contributed by atoms with van der Waals surface area (Å²) in [6.07, 6.45) is 18.9. The number of terminal acetylenes is 3. The maximum absolute atomic E-state index is 12.3. The van der Waals surface area contributed by atoms with E-state index < -0.39 is 24.2 Å². The molecule has 2 N–H and O–H groups in total. The van der Waals surface area contributed by atoms with Gasteiger partial charge in [0.2, 0.25) is 0 Å². The quantitative estimate of drug-likeness (QED) is 0.168. The lowest BCUT2D eigenvalue weighted by Gasteiger charge is -2.17. The second-order valence-electron chi connectivity index (χ2n) is 6.48. The van der Waals surface area contributed by atoms with Gasteiger partial charge >= 0.3 is 18.2 Å². The molecule has 0 aliphatic rings. The van der Waals surface area contributed by atoms with Gasteiger partial charge in [-0.3, -0.25) is 0 Å². The second kappa shape index (κ2) is 20.0. The molecule has 0 aromatic heterocycles. The summed E-state index contributed by atoms with van der Waals surface area (Å²) in [5, 5.41) is 5.13. The Hall–Kier alpha value is -3.31. The van der Waals surface area contributed by atoms with Gasteiger partial charge in [-0.15, -0.1) is 37.0 Å². The molecule has 8 nitrogen and oxygen atoms in total. The smallest absolute Gasteiger partial charge is 0.407 e. The zero-order valence-electron chi connectivity index (χ0n) is 18.0. The summed E-state index contributed by atoms with van der Waals surface area (Å²) < 4.78 is 15.2. The van der Waals surface area contributed by atoms with E-state index in [0.717, 1.165) is 0 Å². The first kappa shape index (κ1) is 27.7. The number of ether oxygens (including phenoxy) is 3. The van der Waals surface area contributed by atoms with E-state index in [9.17, 15) is 14.4 Å². The molecule has 0 saturated heterocycles. The summed E-state index contributed by atoms with van der Waals surface area (Å²) in [5.74, 6) is 6.82. The van der Waals surface area contributed by atoms with Gasteiger partial charge in [0.15, 0.2) is 0 Å². The van der Waals surface area contributed by atoms with Crippen LogP contribution in [-0.4, -0.2) is 50.6 Å². The van der Waals surface area contributed by atoms with Gasteiger partial charge < -0.3 is 24.8 Å². The summed E-state index contributed by atoms with van der Waals surface area (Å²) in [5.41, 5.74) is 0. The highest BCUT2D eigenvalue weighted by Crippen LogP contribution is 2.05. The van der Waals surface area contributed by atoms with E-state index in [1.807, 2.05) is 0 Å². The van der Waals surface area contributed by atoms with Crippen molar-refractivity contribution in [2.75, 3.05) is 26.4 Å². The second-order valence-corrected chi connectivity index (χ2v) is 6.48. The van der Waals surface area contributed by atoms with E-state index in [1.54, 1.807) is 0 Å². The normalized spacial score (nSPS) is 10.5. The van der Waals surface area contributed by atoms with Crippen LogP contribution in [0.3, 0.4) is 0 Å². The van der Waals surface area contributed by atoms with Gasteiger partial charge in [-0.2, -0.15) is 0 Å². The Morgan fingerprint density at radius 1 is 0.710 bits per heavy atom. The standard InChI is InChI=1S/C23H32N2O6/c1-4-7-12-17-29-21(26)20(25-23(28)31-19-14-9-6-3)15-10-11-16-24-22(27)30-18-13-8-5-2/h1-3,20H,7-19H2,(H,24,27)(H,25,28)/t20-/m0/s1. The number of rotatable bonds is 16.